The van der Waals surface area contributed by atoms with Crippen molar-refractivity contribution in [2.75, 3.05) is 33.2 Å². The molecule has 0 saturated heterocycles. The number of benzene rings is 4. The Morgan fingerprint density at radius 3 is 2.27 bits per heavy atom. The van der Waals surface area contributed by atoms with E-state index in [0.29, 0.717) is 45.9 Å². The highest BCUT2D eigenvalue weighted by molar-refractivity contribution is 9.10. The van der Waals surface area contributed by atoms with Crippen molar-refractivity contribution >= 4 is 37.6 Å². The number of carbonyl (C=O) groups is 1. The minimum Gasteiger partial charge on any atom is -0.497 e. The Hall–Kier alpha value is -4.43. The molecule has 4 aromatic carbocycles. The number of aliphatic imine (C=N–C) groups is 1. The third kappa shape index (κ3) is 8.60. The molecule has 1 aliphatic heterocycles. The van der Waals surface area contributed by atoms with Crippen LogP contribution in [0.3, 0.4) is 0 Å². The van der Waals surface area contributed by atoms with Crippen molar-refractivity contribution in [2.24, 2.45) is 4.99 Å². The zero-order chi connectivity index (χ0) is 34.9. The number of nitrogens with one attached hydrogen (secondary N) is 2. The Balaban J connectivity index is 1.52. The Morgan fingerprint density at radius 1 is 0.939 bits per heavy atom. The van der Waals surface area contributed by atoms with Crippen LogP contribution in [-0.2, 0) is 25.9 Å². The lowest BCUT2D eigenvalue weighted by Crippen LogP contribution is -2.53. The van der Waals surface area contributed by atoms with Crippen molar-refractivity contribution in [1.29, 1.82) is 0 Å². The van der Waals surface area contributed by atoms with Crippen LogP contribution in [0.5, 0.6) is 17.2 Å². The van der Waals surface area contributed by atoms with E-state index in [1.807, 2.05) is 24.3 Å². The summed E-state index contributed by atoms with van der Waals surface area (Å²) in [5.41, 5.74) is 6.01. The maximum absolute atomic E-state index is 14.5. The molecule has 1 amide bonds. The smallest absolute Gasteiger partial charge is 0.266 e. The number of carbonyl (C=O) groups excluding carboxylic acids is 1. The van der Waals surface area contributed by atoms with Gasteiger partial charge in [-0.05, 0) is 60.2 Å². The van der Waals surface area contributed by atoms with Gasteiger partial charge in [0.05, 0.1) is 31.5 Å². The van der Waals surface area contributed by atoms with Gasteiger partial charge < -0.3 is 24.1 Å². The summed E-state index contributed by atoms with van der Waals surface area (Å²) >= 11 is 3.61. The van der Waals surface area contributed by atoms with E-state index in [-0.39, 0.29) is 36.1 Å². The van der Waals surface area contributed by atoms with Crippen LogP contribution in [0.15, 0.2) is 111 Å². The Morgan fingerprint density at radius 2 is 1.61 bits per heavy atom. The van der Waals surface area contributed by atoms with Crippen molar-refractivity contribution in [3.05, 3.63) is 118 Å². The summed E-state index contributed by atoms with van der Waals surface area (Å²) in [7, 11) is -0.708. The van der Waals surface area contributed by atoms with Crippen LogP contribution in [0.1, 0.15) is 35.6 Å². The first-order chi connectivity index (χ1) is 23.7. The van der Waals surface area contributed by atoms with Gasteiger partial charge in [-0.25, -0.2) is 18.8 Å². The number of hydrogen-bond acceptors (Lipinski definition) is 10. The van der Waals surface area contributed by atoms with E-state index >= 15 is 0 Å². The maximum atomic E-state index is 14.5. The van der Waals surface area contributed by atoms with Crippen LogP contribution in [0.2, 0.25) is 0 Å². The molecule has 0 aliphatic carbocycles. The van der Waals surface area contributed by atoms with Gasteiger partial charge in [0.1, 0.15) is 17.2 Å². The number of nitrogens with zero attached hydrogens (tertiary/aromatic N) is 1. The van der Waals surface area contributed by atoms with Crippen LogP contribution in [-0.4, -0.2) is 64.1 Å². The quantitative estimate of drug-likeness (QED) is 0.104. The van der Waals surface area contributed by atoms with Crippen molar-refractivity contribution < 1.29 is 37.3 Å². The second-order valence-electron chi connectivity index (χ2n) is 11.2. The van der Waals surface area contributed by atoms with Crippen LogP contribution in [0, 0.1) is 0 Å². The number of amides is 1. The van der Waals surface area contributed by atoms with Crippen molar-refractivity contribution in [2.45, 2.75) is 35.9 Å². The van der Waals surface area contributed by atoms with Gasteiger partial charge in [-0.2, -0.15) is 0 Å². The average molecular weight is 753 g/mol. The number of hydrogen-bond donors (Lipinski definition) is 3. The molecule has 0 fully saturated rings. The number of halogens is 1. The molecule has 0 radical (unpaired) electrons. The van der Waals surface area contributed by atoms with E-state index in [4.69, 9.17) is 29.0 Å². The predicted octanol–water partition coefficient (Wildman–Crippen LogP) is 5.17. The first kappa shape index (κ1) is 35.9. The molecule has 0 bridgehead atoms. The van der Waals surface area contributed by atoms with Gasteiger partial charge >= 0.3 is 0 Å². The summed E-state index contributed by atoms with van der Waals surface area (Å²) in [5.74, 6) is 0.979. The molecule has 0 aromatic heterocycles. The normalized spacial score (nSPS) is 17.1. The monoisotopic (exact) mass is 751 g/mol. The van der Waals surface area contributed by atoms with Crippen LogP contribution in [0.4, 0.5) is 0 Å². The van der Waals surface area contributed by atoms with E-state index in [1.54, 1.807) is 74.9 Å². The highest BCUT2D eigenvalue weighted by Crippen LogP contribution is 2.45. The van der Waals surface area contributed by atoms with Gasteiger partial charge in [0.25, 0.3) is 5.91 Å². The minimum atomic E-state index is -3.81. The summed E-state index contributed by atoms with van der Waals surface area (Å²) < 4.78 is 50.8. The molecule has 1 aliphatic rings. The molecule has 2 atom stereocenters. The zero-order valence-corrected chi connectivity index (χ0v) is 29.5. The lowest BCUT2D eigenvalue weighted by atomic mass is 9.85. The lowest BCUT2D eigenvalue weighted by molar-refractivity contribution is -0.130. The number of hydrazine groups is 1. The largest absolute Gasteiger partial charge is 0.497 e. The Labute approximate surface area is 294 Å². The van der Waals surface area contributed by atoms with Crippen LogP contribution in [0.25, 0.3) is 0 Å². The number of ether oxygens (including phenoxy) is 4. The number of rotatable bonds is 16. The highest BCUT2D eigenvalue weighted by Gasteiger charge is 2.54. The molecule has 5 rings (SSSR count). The first-order valence-electron chi connectivity index (χ1n) is 15.6. The van der Waals surface area contributed by atoms with Crippen LogP contribution < -0.4 is 25.1 Å². The SMILES string of the molecule is COc1cc(CNNC(=O)[C@@]2(CCS(=O)(=O)c3ccccc3)N=C(c3ccc(OCCCO)cc3)O[C@H]2c2ccccc2Br)cc(OC)c1. The summed E-state index contributed by atoms with van der Waals surface area (Å²) in [5, 5.41) is 9.08. The Bertz CT molecular complexity index is 1850. The van der Waals surface area contributed by atoms with E-state index in [2.05, 4.69) is 26.8 Å². The molecular weight excluding hydrogens is 714 g/mol. The molecule has 3 N–H and O–H groups in total. The molecule has 1 heterocycles. The van der Waals surface area contributed by atoms with E-state index < -0.39 is 27.4 Å². The molecule has 0 saturated carbocycles. The summed E-state index contributed by atoms with van der Waals surface area (Å²) in [6.07, 6.45) is -0.695. The van der Waals surface area contributed by atoms with Gasteiger partial charge in [0.15, 0.2) is 21.5 Å². The standard InChI is InChI=1S/C36H38BrN3O8S/c1-45-28-21-25(22-29(23-28)46-2)24-38-40-35(42)36(17-20-49(43,44)30-9-4-3-5-10-30)33(31-11-6-7-12-32(31)37)48-34(39-36)26-13-15-27(16-14-26)47-19-8-18-41/h3-7,9-16,21-23,33,38,41H,8,17-20,24H2,1-2H3,(H,40,42)/t33-,36-/m0/s1. The van der Waals surface area contributed by atoms with Crippen molar-refractivity contribution in [3.8, 4) is 17.2 Å². The fourth-order valence-corrected chi connectivity index (χ4v) is 7.25. The third-order valence-corrected chi connectivity index (χ3v) is 10.4. The predicted molar refractivity (Wildman–Crippen MR) is 189 cm³/mol. The molecule has 0 unspecified atom stereocenters. The fourth-order valence-electron chi connectivity index (χ4n) is 5.37. The molecule has 258 valence electrons. The summed E-state index contributed by atoms with van der Waals surface area (Å²) in [6, 6.07) is 27.8. The topological polar surface area (TPSA) is 145 Å². The van der Waals surface area contributed by atoms with Gasteiger partial charge in [-0.3, -0.25) is 10.2 Å². The number of sulfone groups is 1. The lowest BCUT2D eigenvalue weighted by Gasteiger charge is -2.31. The van der Waals surface area contributed by atoms with Gasteiger partial charge in [-0.1, -0.05) is 52.3 Å². The average Bonchev–Trinajstić information content (AvgIpc) is 3.52. The molecule has 49 heavy (non-hydrogen) atoms. The number of methoxy groups -OCH3 is 2. The van der Waals surface area contributed by atoms with Crippen molar-refractivity contribution in [1.82, 2.24) is 10.9 Å². The van der Waals surface area contributed by atoms with Crippen molar-refractivity contribution in [3.63, 3.8) is 0 Å². The molecule has 11 nitrogen and oxygen atoms in total. The minimum absolute atomic E-state index is 0.0197. The first-order valence-corrected chi connectivity index (χ1v) is 18.0. The molecule has 0 spiro atoms. The third-order valence-electron chi connectivity index (χ3n) is 7.98. The van der Waals surface area contributed by atoms with Gasteiger partial charge in [0, 0.05) is 47.7 Å². The zero-order valence-electron chi connectivity index (χ0n) is 27.1. The second kappa shape index (κ2) is 16.3. The van der Waals surface area contributed by atoms with E-state index in [0.717, 1.165) is 5.56 Å². The number of aliphatic hydroxyl groups is 1. The van der Waals surface area contributed by atoms with E-state index in [1.165, 1.54) is 12.1 Å². The van der Waals surface area contributed by atoms with Crippen LogP contribution >= 0.6 is 15.9 Å². The summed E-state index contributed by atoms with van der Waals surface area (Å²) in [6.45, 7) is 0.574. The van der Waals surface area contributed by atoms with Gasteiger partial charge in [0.2, 0.25) is 5.90 Å². The maximum Gasteiger partial charge on any atom is 0.266 e. The molecule has 4 aromatic rings. The number of aliphatic hydroxyl groups excluding tert-OH is 1. The highest BCUT2D eigenvalue weighted by atomic mass is 79.9. The Kier molecular flexibility index (Phi) is 11.9. The molecule has 13 heteroatoms. The van der Waals surface area contributed by atoms with E-state index in [9.17, 15) is 13.2 Å². The summed E-state index contributed by atoms with van der Waals surface area (Å²) in [4.78, 5) is 19.5. The molecular formula is C36H38BrN3O8S. The second-order valence-corrected chi connectivity index (χ2v) is 14.2. The van der Waals surface area contributed by atoms with Gasteiger partial charge in [-0.15, -0.1) is 0 Å². The fraction of sp³-hybridized carbons (Fsp3) is 0.278.